The molecule has 1 saturated heterocycles. The molecule has 30 heavy (non-hydrogen) atoms. The first-order valence-corrected chi connectivity index (χ1v) is 11.4. The SMILES string of the molecule is Cc1ccc(NC(=O)CSc2nc(=O)n(CC3CCCO3)c3c2CCCC3)cc1F. The number of rotatable bonds is 6. The van der Waals surface area contributed by atoms with Crippen LogP contribution in [0.1, 0.15) is 42.5 Å². The monoisotopic (exact) mass is 431 g/mol. The zero-order valence-electron chi connectivity index (χ0n) is 17.1. The van der Waals surface area contributed by atoms with Crippen LogP contribution in [0.15, 0.2) is 28.0 Å². The van der Waals surface area contributed by atoms with Gasteiger partial charge in [-0.2, -0.15) is 4.98 Å². The average molecular weight is 432 g/mol. The fourth-order valence-corrected chi connectivity index (χ4v) is 4.93. The van der Waals surface area contributed by atoms with Crippen LogP contribution in [0.2, 0.25) is 0 Å². The minimum atomic E-state index is -0.356. The Morgan fingerprint density at radius 1 is 1.33 bits per heavy atom. The zero-order valence-corrected chi connectivity index (χ0v) is 17.9. The number of hydrogen-bond acceptors (Lipinski definition) is 5. The molecule has 6 nitrogen and oxygen atoms in total. The maximum Gasteiger partial charge on any atom is 0.348 e. The van der Waals surface area contributed by atoms with Crippen molar-refractivity contribution < 1.29 is 13.9 Å². The van der Waals surface area contributed by atoms with E-state index < -0.39 is 0 Å². The number of aromatic nitrogens is 2. The van der Waals surface area contributed by atoms with Gasteiger partial charge in [0.05, 0.1) is 18.4 Å². The number of aryl methyl sites for hydroxylation is 1. The molecule has 1 aromatic carbocycles. The van der Waals surface area contributed by atoms with Gasteiger partial charge in [0.1, 0.15) is 10.8 Å². The molecule has 1 fully saturated rings. The van der Waals surface area contributed by atoms with Crippen molar-refractivity contribution in [1.29, 1.82) is 0 Å². The number of fused-ring (bicyclic) bond motifs is 1. The molecule has 0 radical (unpaired) electrons. The minimum absolute atomic E-state index is 0.0784. The zero-order chi connectivity index (χ0) is 21.1. The molecule has 1 unspecified atom stereocenters. The van der Waals surface area contributed by atoms with Gasteiger partial charge in [-0.05, 0) is 63.1 Å². The fourth-order valence-electron chi connectivity index (χ4n) is 4.05. The molecule has 0 bridgehead atoms. The third-order valence-corrected chi connectivity index (χ3v) is 6.67. The fraction of sp³-hybridized carbons (Fsp3) is 0.500. The molecule has 2 aliphatic rings. The highest BCUT2D eigenvalue weighted by atomic mass is 32.2. The van der Waals surface area contributed by atoms with Crippen LogP contribution in [0.3, 0.4) is 0 Å². The number of amides is 1. The smallest absolute Gasteiger partial charge is 0.348 e. The molecule has 1 aliphatic heterocycles. The average Bonchev–Trinajstić information content (AvgIpc) is 3.25. The number of ether oxygens (including phenoxy) is 1. The van der Waals surface area contributed by atoms with E-state index in [0.29, 0.717) is 22.8 Å². The van der Waals surface area contributed by atoms with E-state index in [2.05, 4.69) is 10.3 Å². The standard InChI is InChI=1S/C22H26FN3O3S/c1-14-8-9-15(11-18(14)23)24-20(27)13-30-21-17-6-2-3-7-19(17)26(22(28)25-21)12-16-5-4-10-29-16/h8-9,11,16H,2-7,10,12-13H2,1H3,(H,24,27). The number of hydrogen-bond donors (Lipinski definition) is 1. The van der Waals surface area contributed by atoms with Gasteiger partial charge >= 0.3 is 5.69 Å². The lowest BCUT2D eigenvalue weighted by Gasteiger charge is -2.24. The largest absolute Gasteiger partial charge is 0.376 e. The maximum absolute atomic E-state index is 13.7. The molecule has 8 heteroatoms. The van der Waals surface area contributed by atoms with Gasteiger partial charge < -0.3 is 10.1 Å². The van der Waals surface area contributed by atoms with E-state index in [1.165, 1.54) is 17.8 Å². The number of nitrogens with zero attached hydrogens (tertiary/aromatic N) is 2. The summed E-state index contributed by atoms with van der Waals surface area (Å²) in [5, 5.41) is 3.35. The third-order valence-electron chi connectivity index (χ3n) is 5.66. The number of carbonyl (C=O) groups excluding carboxylic acids is 1. The van der Waals surface area contributed by atoms with E-state index >= 15 is 0 Å². The number of nitrogens with one attached hydrogen (secondary N) is 1. The Balaban J connectivity index is 1.48. The predicted octanol–water partition coefficient (Wildman–Crippen LogP) is 3.48. The highest BCUT2D eigenvalue weighted by molar-refractivity contribution is 8.00. The summed E-state index contributed by atoms with van der Waals surface area (Å²) in [5.41, 5.74) is 2.81. The van der Waals surface area contributed by atoms with E-state index in [4.69, 9.17) is 4.74 Å². The highest BCUT2D eigenvalue weighted by Crippen LogP contribution is 2.29. The van der Waals surface area contributed by atoms with Gasteiger partial charge in [-0.1, -0.05) is 17.8 Å². The van der Waals surface area contributed by atoms with Crippen LogP contribution in [0.25, 0.3) is 0 Å². The molecule has 1 N–H and O–H groups in total. The van der Waals surface area contributed by atoms with Gasteiger partial charge in [0.15, 0.2) is 0 Å². The summed E-state index contributed by atoms with van der Waals surface area (Å²) in [6.45, 7) is 2.98. The Bertz CT molecular complexity index is 1000. The van der Waals surface area contributed by atoms with Crippen LogP contribution in [0.4, 0.5) is 10.1 Å². The molecule has 4 rings (SSSR count). The second kappa shape index (κ2) is 9.31. The van der Waals surface area contributed by atoms with Crippen molar-refractivity contribution in [3.05, 3.63) is 51.3 Å². The molecule has 1 amide bonds. The normalized spacial score (nSPS) is 18.3. The Morgan fingerprint density at radius 3 is 2.93 bits per heavy atom. The molecular formula is C22H26FN3O3S. The van der Waals surface area contributed by atoms with Crippen molar-refractivity contribution in [3.8, 4) is 0 Å². The van der Waals surface area contributed by atoms with Gasteiger partial charge in [-0.3, -0.25) is 9.36 Å². The first-order valence-electron chi connectivity index (χ1n) is 10.4. The number of thioether (sulfide) groups is 1. The van der Waals surface area contributed by atoms with E-state index in [1.54, 1.807) is 23.6 Å². The van der Waals surface area contributed by atoms with Crippen LogP contribution in [0, 0.1) is 12.7 Å². The lowest BCUT2D eigenvalue weighted by Crippen LogP contribution is -2.34. The van der Waals surface area contributed by atoms with Crippen molar-refractivity contribution in [1.82, 2.24) is 9.55 Å². The molecule has 1 aromatic heterocycles. The van der Waals surface area contributed by atoms with Crippen molar-refractivity contribution in [3.63, 3.8) is 0 Å². The van der Waals surface area contributed by atoms with E-state index in [-0.39, 0.29) is 29.3 Å². The molecule has 0 spiro atoms. The lowest BCUT2D eigenvalue weighted by atomic mass is 9.97. The van der Waals surface area contributed by atoms with E-state index in [9.17, 15) is 14.0 Å². The summed E-state index contributed by atoms with van der Waals surface area (Å²) in [4.78, 5) is 29.4. The first kappa shape index (κ1) is 21.1. The highest BCUT2D eigenvalue weighted by Gasteiger charge is 2.24. The van der Waals surface area contributed by atoms with Crippen LogP contribution >= 0.6 is 11.8 Å². The van der Waals surface area contributed by atoms with Crippen LogP contribution in [-0.4, -0.2) is 33.9 Å². The summed E-state index contributed by atoms with van der Waals surface area (Å²) < 4.78 is 21.2. The van der Waals surface area contributed by atoms with Crippen LogP contribution in [0.5, 0.6) is 0 Å². The van der Waals surface area contributed by atoms with Gasteiger partial charge in [0, 0.05) is 23.6 Å². The predicted molar refractivity (Wildman–Crippen MR) is 115 cm³/mol. The van der Waals surface area contributed by atoms with Gasteiger partial charge in [-0.15, -0.1) is 0 Å². The summed E-state index contributed by atoms with van der Waals surface area (Å²) in [7, 11) is 0. The quantitative estimate of drug-likeness (QED) is 0.560. The van der Waals surface area contributed by atoms with Crippen molar-refractivity contribution in [2.45, 2.75) is 63.1 Å². The second-order valence-corrected chi connectivity index (χ2v) is 8.84. The second-order valence-electron chi connectivity index (χ2n) is 7.88. The Morgan fingerprint density at radius 2 is 2.17 bits per heavy atom. The molecule has 1 aliphatic carbocycles. The van der Waals surface area contributed by atoms with Crippen molar-refractivity contribution >= 4 is 23.4 Å². The molecule has 0 saturated carbocycles. The summed E-state index contributed by atoms with van der Waals surface area (Å²) in [6, 6.07) is 4.61. The van der Waals surface area contributed by atoms with Crippen LogP contribution < -0.4 is 11.0 Å². The Kier molecular flexibility index (Phi) is 6.53. The summed E-state index contributed by atoms with van der Waals surface area (Å²) in [5.74, 6) is -0.492. The van der Waals surface area contributed by atoms with E-state index in [1.807, 2.05) is 0 Å². The topological polar surface area (TPSA) is 73.2 Å². The number of benzene rings is 1. The molecule has 2 heterocycles. The molecule has 2 aromatic rings. The molecular weight excluding hydrogens is 405 g/mol. The van der Waals surface area contributed by atoms with Gasteiger partial charge in [-0.25, -0.2) is 9.18 Å². The lowest BCUT2D eigenvalue weighted by molar-refractivity contribution is -0.113. The van der Waals surface area contributed by atoms with Crippen molar-refractivity contribution in [2.75, 3.05) is 17.7 Å². The Hall–Kier alpha value is -2.19. The summed E-state index contributed by atoms with van der Waals surface area (Å²) >= 11 is 1.27. The first-order chi connectivity index (χ1) is 14.5. The molecule has 160 valence electrons. The third kappa shape index (κ3) is 4.75. The van der Waals surface area contributed by atoms with E-state index in [0.717, 1.165) is 56.4 Å². The number of carbonyl (C=O) groups is 1. The summed E-state index contributed by atoms with van der Waals surface area (Å²) in [6.07, 6.45) is 5.89. The van der Waals surface area contributed by atoms with Gasteiger partial charge in [0.25, 0.3) is 0 Å². The van der Waals surface area contributed by atoms with Crippen molar-refractivity contribution in [2.24, 2.45) is 0 Å². The van der Waals surface area contributed by atoms with Crippen LogP contribution in [-0.2, 0) is 28.9 Å². The number of anilines is 1. The maximum atomic E-state index is 13.7. The molecule has 1 atom stereocenters. The minimum Gasteiger partial charge on any atom is -0.376 e. The Labute approximate surface area is 179 Å². The number of halogens is 1. The van der Waals surface area contributed by atoms with Gasteiger partial charge in [0.2, 0.25) is 5.91 Å².